The summed E-state index contributed by atoms with van der Waals surface area (Å²) in [6.07, 6.45) is 6.11. The fourth-order valence-corrected chi connectivity index (χ4v) is 5.20. The van der Waals surface area contributed by atoms with Crippen LogP contribution < -0.4 is 0 Å². The average molecular weight is 355 g/mol. The molecule has 0 spiro atoms. The summed E-state index contributed by atoms with van der Waals surface area (Å²) < 4.78 is 30.3. The molecule has 1 unspecified atom stereocenters. The number of aromatic nitrogens is 3. The van der Waals surface area contributed by atoms with Gasteiger partial charge >= 0.3 is 0 Å². The maximum absolute atomic E-state index is 12.5. The lowest BCUT2D eigenvalue weighted by Crippen LogP contribution is -2.13. The third-order valence-electron chi connectivity index (χ3n) is 4.30. The number of thiazole rings is 1. The second-order valence-electron chi connectivity index (χ2n) is 6.12. The zero-order valence-electron chi connectivity index (χ0n) is 13.4. The monoisotopic (exact) mass is 355 g/mol. The van der Waals surface area contributed by atoms with Crippen molar-refractivity contribution in [3.05, 3.63) is 27.9 Å². The van der Waals surface area contributed by atoms with Gasteiger partial charge in [-0.25, -0.2) is 13.4 Å². The number of rotatable bonds is 5. The molecule has 0 bridgehead atoms. The second-order valence-corrected chi connectivity index (χ2v) is 9.33. The summed E-state index contributed by atoms with van der Waals surface area (Å²) in [7, 11) is -3.42. The van der Waals surface area contributed by atoms with Crippen molar-refractivity contribution in [2.45, 2.75) is 62.9 Å². The van der Waals surface area contributed by atoms with E-state index in [9.17, 15) is 8.42 Å². The largest absolute Gasteiger partial charge is 0.424 e. The molecule has 1 fully saturated rings. The van der Waals surface area contributed by atoms with E-state index >= 15 is 0 Å². The van der Waals surface area contributed by atoms with Crippen LogP contribution in [0.1, 0.15) is 72.7 Å². The number of nitrogens with zero attached hydrogens (tertiary/aromatic N) is 3. The topological polar surface area (TPSA) is 86.0 Å². The zero-order valence-corrected chi connectivity index (χ0v) is 15.0. The molecule has 6 nitrogen and oxygen atoms in total. The molecule has 1 saturated carbocycles. The Labute approximate surface area is 140 Å². The molecule has 8 heteroatoms. The lowest BCUT2D eigenvalue weighted by atomic mass is 9.90. The molecule has 1 aliphatic carbocycles. The van der Waals surface area contributed by atoms with Crippen molar-refractivity contribution in [3.8, 4) is 0 Å². The van der Waals surface area contributed by atoms with Gasteiger partial charge in [0.15, 0.2) is 9.84 Å². The van der Waals surface area contributed by atoms with Crippen LogP contribution in [0.5, 0.6) is 0 Å². The molecule has 2 aromatic heterocycles. The molecule has 2 heterocycles. The Morgan fingerprint density at radius 2 is 2.04 bits per heavy atom. The summed E-state index contributed by atoms with van der Waals surface area (Å²) in [5.74, 6) is 0.931. The van der Waals surface area contributed by atoms with Crippen molar-refractivity contribution in [2.24, 2.45) is 0 Å². The molecule has 0 aliphatic heterocycles. The predicted molar refractivity (Wildman–Crippen MR) is 88.0 cm³/mol. The Hall–Kier alpha value is -1.28. The van der Waals surface area contributed by atoms with Gasteiger partial charge in [0.25, 0.3) is 0 Å². The van der Waals surface area contributed by atoms with Crippen molar-refractivity contribution >= 4 is 21.2 Å². The molecule has 0 radical (unpaired) electrons. The molecule has 0 amide bonds. The minimum Gasteiger partial charge on any atom is -0.424 e. The lowest BCUT2D eigenvalue weighted by Gasteiger charge is -2.18. The number of hydrogen-bond donors (Lipinski definition) is 0. The highest BCUT2D eigenvalue weighted by molar-refractivity contribution is 7.90. The molecule has 3 rings (SSSR count). The quantitative estimate of drug-likeness (QED) is 0.815. The lowest BCUT2D eigenvalue weighted by molar-refractivity contribution is 0.442. The van der Waals surface area contributed by atoms with E-state index in [0.29, 0.717) is 17.5 Å². The fraction of sp³-hybridized carbons (Fsp3) is 0.667. The van der Waals surface area contributed by atoms with E-state index in [1.165, 1.54) is 19.3 Å². The first-order chi connectivity index (χ1) is 11.0. The summed E-state index contributed by atoms with van der Waals surface area (Å²) in [4.78, 5) is 4.57. The van der Waals surface area contributed by atoms with E-state index in [-0.39, 0.29) is 11.6 Å². The van der Waals surface area contributed by atoms with Crippen molar-refractivity contribution < 1.29 is 12.8 Å². The summed E-state index contributed by atoms with van der Waals surface area (Å²) in [5.41, 5.74) is 0.624. The molecule has 126 valence electrons. The van der Waals surface area contributed by atoms with E-state index in [4.69, 9.17) is 4.42 Å². The van der Waals surface area contributed by atoms with Gasteiger partial charge in [0.05, 0.1) is 16.5 Å². The van der Waals surface area contributed by atoms with Crippen molar-refractivity contribution in [1.29, 1.82) is 0 Å². The Balaban J connectivity index is 1.71. The Morgan fingerprint density at radius 1 is 1.30 bits per heavy atom. The normalized spacial score (nSPS) is 18.2. The maximum atomic E-state index is 12.5. The van der Waals surface area contributed by atoms with Gasteiger partial charge < -0.3 is 4.42 Å². The van der Waals surface area contributed by atoms with Crippen molar-refractivity contribution in [3.63, 3.8) is 0 Å². The number of hydrogen-bond acceptors (Lipinski definition) is 7. The predicted octanol–water partition coefficient (Wildman–Crippen LogP) is 3.56. The SMILES string of the molecule is Cc1nnc(C(C)S(=O)(=O)Cc2csc(C3CCCCC3)n2)o1. The first-order valence-electron chi connectivity index (χ1n) is 7.91. The van der Waals surface area contributed by atoms with Crippen LogP contribution in [-0.2, 0) is 15.6 Å². The van der Waals surface area contributed by atoms with Gasteiger partial charge in [-0.2, -0.15) is 0 Å². The summed E-state index contributed by atoms with van der Waals surface area (Å²) in [6, 6.07) is 0. The standard InChI is InChI=1S/C15H21N3O3S2/c1-10(14-18-17-11(2)21-14)23(19,20)9-13-8-22-15(16-13)12-6-4-3-5-7-12/h8,10,12H,3-7,9H2,1-2H3. The number of sulfone groups is 1. The summed E-state index contributed by atoms with van der Waals surface area (Å²) in [6.45, 7) is 3.23. The van der Waals surface area contributed by atoms with Crippen LogP contribution in [0.2, 0.25) is 0 Å². The third kappa shape index (κ3) is 3.80. The third-order valence-corrected chi connectivity index (χ3v) is 7.33. The van der Waals surface area contributed by atoms with Crippen molar-refractivity contribution in [1.82, 2.24) is 15.2 Å². The van der Waals surface area contributed by atoms with Gasteiger partial charge in [0, 0.05) is 18.2 Å². The average Bonchev–Trinajstić information content (AvgIpc) is 3.16. The second kappa shape index (κ2) is 6.68. The van der Waals surface area contributed by atoms with E-state index in [1.54, 1.807) is 25.2 Å². The zero-order chi connectivity index (χ0) is 16.4. The van der Waals surface area contributed by atoms with Crippen molar-refractivity contribution in [2.75, 3.05) is 0 Å². The van der Waals surface area contributed by atoms with Gasteiger partial charge in [-0.05, 0) is 19.8 Å². The van der Waals surface area contributed by atoms with Gasteiger partial charge in [-0.3, -0.25) is 0 Å². The van der Waals surface area contributed by atoms with E-state index in [2.05, 4.69) is 15.2 Å². The smallest absolute Gasteiger partial charge is 0.234 e. The molecular formula is C15H21N3O3S2. The van der Waals surface area contributed by atoms with Crippen LogP contribution >= 0.6 is 11.3 Å². The molecule has 0 aromatic carbocycles. The molecule has 23 heavy (non-hydrogen) atoms. The maximum Gasteiger partial charge on any atom is 0.234 e. The molecule has 2 aromatic rings. The van der Waals surface area contributed by atoms with E-state index < -0.39 is 15.1 Å². The number of aryl methyl sites for hydroxylation is 1. The van der Waals surface area contributed by atoms with Gasteiger partial charge in [-0.15, -0.1) is 21.5 Å². The summed E-state index contributed by atoms with van der Waals surface area (Å²) in [5, 5.41) is 9.65. The van der Waals surface area contributed by atoms with E-state index in [1.807, 2.05) is 5.38 Å². The molecule has 0 saturated heterocycles. The first kappa shape index (κ1) is 16.6. The van der Waals surface area contributed by atoms with Crippen LogP contribution in [-0.4, -0.2) is 23.6 Å². The highest BCUT2D eigenvalue weighted by Crippen LogP contribution is 2.35. The van der Waals surface area contributed by atoms with E-state index in [0.717, 1.165) is 17.8 Å². The van der Waals surface area contributed by atoms with Crippen LogP contribution in [0.4, 0.5) is 0 Å². The van der Waals surface area contributed by atoms with Crippen LogP contribution in [0.3, 0.4) is 0 Å². The highest BCUT2D eigenvalue weighted by atomic mass is 32.2. The van der Waals surface area contributed by atoms with Gasteiger partial charge in [0.2, 0.25) is 11.8 Å². The minimum atomic E-state index is -3.42. The molecule has 1 aliphatic rings. The highest BCUT2D eigenvalue weighted by Gasteiger charge is 2.29. The first-order valence-corrected chi connectivity index (χ1v) is 10.5. The molecule has 0 N–H and O–H groups in total. The van der Waals surface area contributed by atoms with Gasteiger partial charge in [0.1, 0.15) is 5.25 Å². The van der Waals surface area contributed by atoms with Crippen LogP contribution in [0, 0.1) is 6.92 Å². The summed E-state index contributed by atoms with van der Waals surface area (Å²) >= 11 is 1.58. The fourth-order valence-electron chi connectivity index (χ4n) is 2.89. The van der Waals surface area contributed by atoms with Gasteiger partial charge in [-0.1, -0.05) is 19.3 Å². The minimum absolute atomic E-state index is 0.0845. The van der Waals surface area contributed by atoms with Crippen LogP contribution in [0.25, 0.3) is 0 Å². The Bertz CT molecular complexity index is 761. The molecular weight excluding hydrogens is 334 g/mol. The molecule has 1 atom stereocenters. The Morgan fingerprint density at radius 3 is 2.70 bits per heavy atom. The van der Waals surface area contributed by atoms with Crippen LogP contribution in [0.15, 0.2) is 9.80 Å². The Kier molecular flexibility index (Phi) is 4.82.